The van der Waals surface area contributed by atoms with Gasteiger partial charge in [-0.25, -0.2) is 14.3 Å². The highest BCUT2D eigenvalue weighted by Crippen LogP contribution is 2.22. The number of nitrogens with zero attached hydrogens (tertiary/aromatic N) is 3. The molecule has 0 aliphatic carbocycles. The first-order chi connectivity index (χ1) is 12.6. The molecule has 0 atom stereocenters. The van der Waals surface area contributed by atoms with Crippen LogP contribution in [0, 0.1) is 0 Å². The van der Waals surface area contributed by atoms with E-state index in [0.717, 1.165) is 24.2 Å². The number of fused-ring (bicyclic) bond motifs is 1. The van der Waals surface area contributed by atoms with Crippen LogP contribution < -0.4 is 15.9 Å². The Morgan fingerprint density at radius 1 is 1.23 bits per heavy atom. The fourth-order valence-corrected chi connectivity index (χ4v) is 3.14. The van der Waals surface area contributed by atoms with Crippen molar-refractivity contribution < 1.29 is 9.59 Å². The summed E-state index contributed by atoms with van der Waals surface area (Å²) < 4.78 is 1.29. The zero-order valence-electron chi connectivity index (χ0n) is 13.9. The van der Waals surface area contributed by atoms with Crippen LogP contribution in [0.5, 0.6) is 0 Å². The van der Waals surface area contributed by atoms with Gasteiger partial charge in [0.05, 0.1) is 5.56 Å². The molecular weight excluding hydrogens is 334 g/mol. The van der Waals surface area contributed by atoms with E-state index in [1.807, 2.05) is 24.3 Å². The van der Waals surface area contributed by atoms with Gasteiger partial charge in [-0.15, -0.1) is 0 Å². The minimum Gasteiger partial charge on any atom is -0.348 e. The monoisotopic (exact) mass is 351 g/mol. The van der Waals surface area contributed by atoms with E-state index in [1.165, 1.54) is 4.40 Å². The molecule has 1 aliphatic rings. The lowest BCUT2D eigenvalue weighted by molar-refractivity contribution is -0.117. The highest BCUT2D eigenvalue weighted by Gasteiger charge is 2.21. The van der Waals surface area contributed by atoms with E-state index in [0.29, 0.717) is 18.5 Å². The second-order valence-corrected chi connectivity index (χ2v) is 6.15. The molecule has 3 aromatic rings. The number of aromatic nitrogens is 3. The van der Waals surface area contributed by atoms with E-state index in [9.17, 15) is 14.4 Å². The van der Waals surface area contributed by atoms with Gasteiger partial charge in [0.1, 0.15) is 0 Å². The number of rotatable bonds is 4. The fraction of sp³-hybridized carbons (Fsp3) is 0.222. The quantitative estimate of drug-likeness (QED) is 0.735. The standard InChI is InChI=1S/C18H17N5O3/c24-15-7-3-8-22(15)13-5-1-4-12(10-13)11-19-17(25)14-6-2-9-23-16(14)20-21-18(23)26/h1-2,4-6,9-10H,3,7-8,11H2,(H,19,25)(H,21,26). The first kappa shape index (κ1) is 16.1. The smallest absolute Gasteiger partial charge is 0.347 e. The Kier molecular flexibility index (Phi) is 4.00. The maximum Gasteiger partial charge on any atom is 0.347 e. The predicted molar refractivity (Wildman–Crippen MR) is 95.0 cm³/mol. The van der Waals surface area contributed by atoms with Gasteiger partial charge in [0, 0.05) is 31.4 Å². The summed E-state index contributed by atoms with van der Waals surface area (Å²) in [5, 5.41) is 9.05. The van der Waals surface area contributed by atoms with Gasteiger partial charge in [0.25, 0.3) is 5.91 Å². The van der Waals surface area contributed by atoms with Gasteiger partial charge in [-0.2, -0.15) is 5.10 Å². The van der Waals surface area contributed by atoms with Crippen LogP contribution in [0.3, 0.4) is 0 Å². The third kappa shape index (κ3) is 2.85. The lowest BCUT2D eigenvalue weighted by Gasteiger charge is -2.16. The molecule has 0 unspecified atom stereocenters. The van der Waals surface area contributed by atoms with Crippen LogP contribution in [0.4, 0.5) is 5.69 Å². The fourth-order valence-electron chi connectivity index (χ4n) is 3.14. The van der Waals surface area contributed by atoms with Gasteiger partial charge < -0.3 is 10.2 Å². The Labute approximate surface area is 148 Å². The third-order valence-electron chi connectivity index (χ3n) is 4.44. The second kappa shape index (κ2) is 6.47. The zero-order chi connectivity index (χ0) is 18.1. The Hall–Kier alpha value is -3.42. The molecule has 8 nitrogen and oxygen atoms in total. The van der Waals surface area contributed by atoms with Crippen molar-refractivity contribution in [2.45, 2.75) is 19.4 Å². The Morgan fingerprint density at radius 2 is 2.12 bits per heavy atom. The van der Waals surface area contributed by atoms with E-state index < -0.39 is 5.69 Å². The first-order valence-electron chi connectivity index (χ1n) is 8.37. The predicted octanol–water partition coefficient (Wildman–Crippen LogP) is 1.08. The molecule has 2 amide bonds. The molecular formula is C18H17N5O3. The van der Waals surface area contributed by atoms with Crippen molar-refractivity contribution in [3.05, 3.63) is 64.2 Å². The number of nitrogens with one attached hydrogen (secondary N) is 2. The topological polar surface area (TPSA) is 99.6 Å². The molecule has 1 saturated heterocycles. The van der Waals surface area contributed by atoms with Crippen LogP contribution in [-0.4, -0.2) is 33.0 Å². The van der Waals surface area contributed by atoms with Gasteiger partial charge in [-0.05, 0) is 36.2 Å². The molecule has 1 aromatic carbocycles. The number of hydrogen-bond acceptors (Lipinski definition) is 4. The minimum atomic E-state index is -0.391. The molecule has 132 valence electrons. The largest absolute Gasteiger partial charge is 0.348 e. The average Bonchev–Trinajstić information content (AvgIpc) is 3.26. The van der Waals surface area contributed by atoms with Crippen LogP contribution in [-0.2, 0) is 11.3 Å². The Balaban J connectivity index is 1.51. The zero-order valence-corrected chi connectivity index (χ0v) is 13.9. The number of hydrogen-bond donors (Lipinski definition) is 2. The number of carbonyl (C=O) groups is 2. The molecule has 8 heteroatoms. The number of aromatic amines is 1. The molecule has 2 N–H and O–H groups in total. The molecule has 2 aromatic heterocycles. The summed E-state index contributed by atoms with van der Waals surface area (Å²) in [6.45, 7) is 1.04. The van der Waals surface area contributed by atoms with Crippen molar-refractivity contribution in [1.82, 2.24) is 19.9 Å². The summed E-state index contributed by atoms with van der Waals surface area (Å²) in [6.07, 6.45) is 3.00. The van der Waals surface area contributed by atoms with Crippen LogP contribution >= 0.6 is 0 Å². The van der Waals surface area contributed by atoms with Crippen molar-refractivity contribution >= 4 is 23.1 Å². The third-order valence-corrected chi connectivity index (χ3v) is 4.44. The normalized spacial score (nSPS) is 14.2. The number of benzene rings is 1. The maximum atomic E-state index is 12.5. The van der Waals surface area contributed by atoms with Crippen molar-refractivity contribution in [3.8, 4) is 0 Å². The molecule has 26 heavy (non-hydrogen) atoms. The van der Waals surface area contributed by atoms with Crippen molar-refractivity contribution in [3.63, 3.8) is 0 Å². The number of carbonyl (C=O) groups excluding carboxylic acids is 2. The minimum absolute atomic E-state index is 0.127. The van der Waals surface area contributed by atoms with Gasteiger partial charge in [0.2, 0.25) is 5.91 Å². The van der Waals surface area contributed by atoms with Crippen LogP contribution in [0.2, 0.25) is 0 Å². The SMILES string of the molecule is O=C(NCc1cccc(N2CCCC2=O)c1)c1cccn2c(=O)[nH]nc12. The second-order valence-electron chi connectivity index (χ2n) is 6.15. The van der Waals surface area contributed by atoms with Crippen LogP contribution in [0.25, 0.3) is 5.65 Å². The van der Waals surface area contributed by atoms with Crippen LogP contribution in [0.15, 0.2) is 47.4 Å². The molecule has 1 fully saturated rings. The van der Waals surface area contributed by atoms with E-state index in [4.69, 9.17) is 0 Å². The number of pyridine rings is 1. The summed E-state index contributed by atoms with van der Waals surface area (Å²) in [5.41, 5.74) is 1.95. The van der Waals surface area contributed by atoms with Crippen molar-refractivity contribution in [1.29, 1.82) is 0 Å². The van der Waals surface area contributed by atoms with E-state index in [-0.39, 0.29) is 17.5 Å². The number of H-pyrrole nitrogens is 1. The van der Waals surface area contributed by atoms with Gasteiger partial charge in [-0.3, -0.25) is 9.59 Å². The lowest BCUT2D eigenvalue weighted by atomic mass is 10.1. The maximum absolute atomic E-state index is 12.5. The van der Waals surface area contributed by atoms with E-state index in [2.05, 4.69) is 15.5 Å². The molecule has 1 aliphatic heterocycles. The van der Waals surface area contributed by atoms with Gasteiger partial charge in [-0.1, -0.05) is 12.1 Å². The highest BCUT2D eigenvalue weighted by atomic mass is 16.2. The first-order valence-corrected chi connectivity index (χ1v) is 8.37. The molecule has 3 heterocycles. The molecule has 0 saturated carbocycles. The molecule has 4 rings (SSSR count). The Bertz CT molecular complexity index is 1050. The summed E-state index contributed by atoms with van der Waals surface area (Å²) in [5.74, 6) is -0.195. The summed E-state index contributed by atoms with van der Waals surface area (Å²) >= 11 is 0. The summed E-state index contributed by atoms with van der Waals surface area (Å²) in [4.78, 5) is 37.7. The van der Waals surface area contributed by atoms with E-state index >= 15 is 0 Å². The number of amides is 2. The highest BCUT2D eigenvalue weighted by molar-refractivity contribution is 5.99. The molecule has 0 radical (unpaired) electrons. The summed E-state index contributed by atoms with van der Waals surface area (Å²) in [7, 11) is 0. The molecule has 0 spiro atoms. The van der Waals surface area contributed by atoms with E-state index in [1.54, 1.807) is 23.2 Å². The molecule has 0 bridgehead atoms. The average molecular weight is 351 g/mol. The van der Waals surface area contributed by atoms with Gasteiger partial charge >= 0.3 is 5.69 Å². The van der Waals surface area contributed by atoms with Crippen molar-refractivity contribution in [2.75, 3.05) is 11.4 Å². The van der Waals surface area contributed by atoms with Gasteiger partial charge in [0.15, 0.2) is 5.65 Å². The lowest BCUT2D eigenvalue weighted by Crippen LogP contribution is -2.25. The summed E-state index contributed by atoms with van der Waals surface area (Å²) in [6, 6.07) is 10.8. The van der Waals surface area contributed by atoms with Crippen LogP contribution in [0.1, 0.15) is 28.8 Å². The number of anilines is 1. The van der Waals surface area contributed by atoms with Crippen molar-refractivity contribution in [2.24, 2.45) is 0 Å². The Morgan fingerprint density at radius 3 is 2.92 bits per heavy atom.